The van der Waals surface area contributed by atoms with Crippen molar-refractivity contribution in [1.29, 1.82) is 0 Å². The van der Waals surface area contributed by atoms with Crippen molar-refractivity contribution in [1.82, 2.24) is 9.88 Å². The number of fused-ring (bicyclic) bond motifs is 2. The van der Waals surface area contributed by atoms with Crippen molar-refractivity contribution < 1.29 is 14.2 Å². The zero-order valence-electron chi connectivity index (χ0n) is 16.9. The maximum atomic E-state index is 13.4. The molecule has 0 fully saturated rings. The Hall–Kier alpha value is -2.19. The summed E-state index contributed by atoms with van der Waals surface area (Å²) in [4.78, 5) is 14.5. The second-order valence-corrected chi connectivity index (χ2v) is 8.24. The van der Waals surface area contributed by atoms with Crippen LogP contribution in [0.15, 0.2) is 46.1 Å². The van der Waals surface area contributed by atoms with Crippen LogP contribution >= 0.6 is 23.4 Å². The zero-order valence-corrected chi connectivity index (χ0v) is 18.4. The molecule has 1 aliphatic heterocycles. The van der Waals surface area contributed by atoms with Gasteiger partial charge >= 0.3 is 0 Å². The van der Waals surface area contributed by atoms with Crippen LogP contribution in [0.2, 0.25) is 5.02 Å². The number of hydrogen-bond donors (Lipinski definition) is 1. The summed E-state index contributed by atoms with van der Waals surface area (Å²) in [6, 6.07) is 11.7. The van der Waals surface area contributed by atoms with E-state index in [4.69, 9.17) is 25.8 Å². The molecule has 6 nitrogen and oxygen atoms in total. The van der Waals surface area contributed by atoms with Crippen LogP contribution in [-0.4, -0.2) is 37.9 Å². The van der Waals surface area contributed by atoms with E-state index in [2.05, 4.69) is 17.4 Å². The number of thioether (sulfide) groups is 1. The van der Waals surface area contributed by atoms with E-state index in [1.807, 2.05) is 24.5 Å². The van der Waals surface area contributed by atoms with Crippen LogP contribution in [0.3, 0.4) is 0 Å². The van der Waals surface area contributed by atoms with Crippen molar-refractivity contribution in [3.05, 3.63) is 62.9 Å². The second-order valence-electron chi connectivity index (χ2n) is 6.95. The van der Waals surface area contributed by atoms with E-state index in [9.17, 15) is 4.79 Å². The van der Waals surface area contributed by atoms with Gasteiger partial charge in [-0.25, -0.2) is 0 Å². The third-order valence-corrected chi connectivity index (χ3v) is 6.12. The Bertz CT molecular complexity index is 1130. The van der Waals surface area contributed by atoms with E-state index < -0.39 is 0 Å². The van der Waals surface area contributed by atoms with E-state index in [1.54, 1.807) is 29.5 Å². The van der Waals surface area contributed by atoms with E-state index >= 15 is 0 Å². The predicted octanol–water partition coefficient (Wildman–Crippen LogP) is 3.89. The fraction of sp³-hybridized carbons (Fsp3) is 0.318. The molecule has 4 rings (SSSR count). The molecule has 1 N–H and O–H groups in total. The molecule has 0 aliphatic carbocycles. The summed E-state index contributed by atoms with van der Waals surface area (Å²) in [6.07, 6.45) is 2.02. The van der Waals surface area contributed by atoms with Crippen LogP contribution in [0.5, 0.6) is 11.5 Å². The van der Waals surface area contributed by atoms with Gasteiger partial charge in [-0.3, -0.25) is 4.79 Å². The van der Waals surface area contributed by atoms with E-state index in [1.165, 1.54) is 0 Å². The minimum Gasteiger partial charge on any atom is -0.454 e. The number of ether oxygens (including phenoxy) is 3. The van der Waals surface area contributed by atoms with Gasteiger partial charge in [-0.2, -0.15) is 0 Å². The van der Waals surface area contributed by atoms with Crippen LogP contribution in [0.4, 0.5) is 0 Å². The van der Waals surface area contributed by atoms with Gasteiger partial charge < -0.3 is 24.1 Å². The lowest BCUT2D eigenvalue weighted by atomic mass is 10.1. The van der Waals surface area contributed by atoms with Gasteiger partial charge in [0.15, 0.2) is 11.5 Å². The van der Waals surface area contributed by atoms with Crippen LogP contribution in [0.25, 0.3) is 10.9 Å². The molecular weight excluding hydrogens is 424 g/mol. The van der Waals surface area contributed by atoms with Gasteiger partial charge in [0.25, 0.3) is 5.56 Å². The number of benzene rings is 2. The van der Waals surface area contributed by atoms with Crippen LogP contribution in [-0.2, 0) is 17.8 Å². The van der Waals surface area contributed by atoms with Gasteiger partial charge in [-0.05, 0) is 41.5 Å². The summed E-state index contributed by atoms with van der Waals surface area (Å²) >= 11 is 8.14. The molecule has 2 aromatic carbocycles. The van der Waals surface area contributed by atoms with Gasteiger partial charge in [0.05, 0.1) is 18.7 Å². The fourth-order valence-electron chi connectivity index (χ4n) is 3.47. The molecule has 1 aliphatic rings. The molecule has 0 unspecified atom stereocenters. The summed E-state index contributed by atoms with van der Waals surface area (Å²) < 4.78 is 17.7. The minimum absolute atomic E-state index is 0.0422. The summed E-state index contributed by atoms with van der Waals surface area (Å²) in [7, 11) is 1.66. The molecule has 158 valence electrons. The summed E-state index contributed by atoms with van der Waals surface area (Å²) in [6.45, 7) is 2.25. The van der Waals surface area contributed by atoms with Gasteiger partial charge in [0.2, 0.25) is 6.79 Å². The van der Waals surface area contributed by atoms with Crippen molar-refractivity contribution in [2.75, 3.05) is 33.3 Å². The highest BCUT2D eigenvalue weighted by Crippen LogP contribution is 2.37. The highest BCUT2D eigenvalue weighted by atomic mass is 35.5. The minimum atomic E-state index is -0.0422. The molecule has 0 saturated carbocycles. The second kappa shape index (κ2) is 9.31. The average molecular weight is 447 g/mol. The SMILES string of the molecule is COCCNCc1cc2ccc(SC)cc2n(Cc2cc3c(cc2Cl)OCO3)c1=O. The molecule has 0 saturated heterocycles. The molecule has 2 heterocycles. The molecule has 8 heteroatoms. The molecule has 1 aromatic heterocycles. The fourth-order valence-corrected chi connectivity index (χ4v) is 4.12. The predicted molar refractivity (Wildman–Crippen MR) is 120 cm³/mol. The first-order valence-electron chi connectivity index (χ1n) is 9.59. The van der Waals surface area contributed by atoms with E-state index in [-0.39, 0.29) is 12.4 Å². The first-order valence-corrected chi connectivity index (χ1v) is 11.2. The summed E-state index contributed by atoms with van der Waals surface area (Å²) in [5.74, 6) is 1.27. The first-order chi connectivity index (χ1) is 14.6. The topological polar surface area (TPSA) is 61.7 Å². The van der Waals surface area contributed by atoms with Crippen LogP contribution in [0.1, 0.15) is 11.1 Å². The smallest absolute Gasteiger partial charge is 0.255 e. The molecule has 0 atom stereocenters. The molecule has 30 heavy (non-hydrogen) atoms. The Balaban J connectivity index is 1.78. The van der Waals surface area contributed by atoms with Gasteiger partial charge in [-0.15, -0.1) is 11.8 Å². The lowest BCUT2D eigenvalue weighted by Crippen LogP contribution is -2.29. The van der Waals surface area contributed by atoms with E-state index in [0.717, 1.165) is 21.4 Å². The van der Waals surface area contributed by atoms with E-state index in [0.29, 0.717) is 48.3 Å². The number of rotatable bonds is 8. The van der Waals surface area contributed by atoms with Crippen molar-refractivity contribution in [2.24, 2.45) is 0 Å². The third-order valence-electron chi connectivity index (χ3n) is 5.05. The standard InChI is InChI=1S/C22H23ClN2O4S/c1-27-6-5-24-11-15-7-14-3-4-17(30-2)9-19(14)25(22(15)26)12-16-8-20-21(10-18(16)23)29-13-28-20/h3-4,7-10,24H,5-6,11-13H2,1-2H3. The molecule has 0 spiro atoms. The van der Waals surface area contributed by atoms with Gasteiger partial charge in [0.1, 0.15) is 0 Å². The Morgan fingerprint density at radius 2 is 1.97 bits per heavy atom. The zero-order chi connectivity index (χ0) is 21.1. The number of pyridine rings is 1. The van der Waals surface area contributed by atoms with Crippen molar-refractivity contribution in [3.8, 4) is 11.5 Å². The number of nitrogens with zero attached hydrogens (tertiary/aromatic N) is 1. The lowest BCUT2D eigenvalue weighted by Gasteiger charge is -2.15. The maximum absolute atomic E-state index is 13.4. The summed E-state index contributed by atoms with van der Waals surface area (Å²) in [5, 5.41) is 4.81. The molecule has 0 amide bonds. The number of aromatic nitrogens is 1. The average Bonchev–Trinajstić information content (AvgIpc) is 3.20. The van der Waals surface area contributed by atoms with Crippen molar-refractivity contribution in [3.63, 3.8) is 0 Å². The third kappa shape index (κ3) is 4.30. The first kappa shape index (κ1) is 21.1. The molecule has 3 aromatic rings. The van der Waals surface area contributed by atoms with Crippen molar-refractivity contribution >= 4 is 34.3 Å². The monoisotopic (exact) mass is 446 g/mol. The molecular formula is C22H23ClN2O4S. The quantitative estimate of drug-likeness (QED) is 0.418. The Morgan fingerprint density at radius 3 is 2.73 bits per heavy atom. The molecule has 0 bridgehead atoms. The normalized spacial score (nSPS) is 12.6. The number of halogens is 1. The lowest BCUT2D eigenvalue weighted by molar-refractivity contribution is 0.174. The maximum Gasteiger partial charge on any atom is 0.255 e. The van der Waals surface area contributed by atoms with Gasteiger partial charge in [0, 0.05) is 41.7 Å². The Labute approximate surface area is 184 Å². The highest BCUT2D eigenvalue weighted by Gasteiger charge is 2.18. The highest BCUT2D eigenvalue weighted by molar-refractivity contribution is 7.98. The number of nitrogens with one attached hydrogen (secondary N) is 1. The largest absolute Gasteiger partial charge is 0.454 e. The Morgan fingerprint density at radius 1 is 1.17 bits per heavy atom. The van der Waals surface area contributed by atoms with Gasteiger partial charge in [-0.1, -0.05) is 17.7 Å². The Kier molecular flexibility index (Phi) is 6.53. The van der Waals surface area contributed by atoms with Crippen molar-refractivity contribution in [2.45, 2.75) is 18.0 Å². The van der Waals surface area contributed by atoms with Crippen LogP contribution in [0, 0.1) is 0 Å². The van der Waals surface area contributed by atoms with Crippen LogP contribution < -0.4 is 20.3 Å². The summed E-state index contributed by atoms with van der Waals surface area (Å²) in [5.41, 5.74) is 2.34. The molecule has 0 radical (unpaired) electrons. The number of methoxy groups -OCH3 is 1. The number of hydrogen-bond acceptors (Lipinski definition) is 6.